The molecule has 0 N–H and O–H groups in total. The highest BCUT2D eigenvalue weighted by molar-refractivity contribution is 7.13. The Hall–Kier alpha value is -4.72. The zero-order valence-corrected chi connectivity index (χ0v) is 26.6. The minimum atomic E-state index is -4.91. The Kier molecular flexibility index (Phi) is 12.2. The molecular formula is C35H35F3N4O2S. The number of thiophene rings is 1. The topological polar surface area (TPSA) is 93.1 Å². The number of ether oxygens (including phenoxy) is 2. The van der Waals surface area contributed by atoms with Gasteiger partial charge in [-0.05, 0) is 56.2 Å². The predicted octanol–water partition coefficient (Wildman–Crippen LogP) is 9.38. The fraction of sp³-hybridized carbons (Fsp3) is 0.343. The van der Waals surface area contributed by atoms with E-state index in [2.05, 4.69) is 30.9 Å². The Morgan fingerprint density at radius 1 is 0.956 bits per heavy atom. The molecule has 0 bridgehead atoms. The molecule has 6 nitrogen and oxygen atoms in total. The predicted molar refractivity (Wildman–Crippen MR) is 173 cm³/mol. The maximum atomic E-state index is 14.1. The van der Waals surface area contributed by atoms with Crippen LogP contribution in [0.2, 0.25) is 0 Å². The Balaban J connectivity index is 1.80. The number of hydrogen-bond acceptors (Lipinski definition) is 7. The first-order chi connectivity index (χ1) is 21.6. The number of nitrogens with zero attached hydrogens (tertiary/aromatic N) is 4. The molecule has 0 fully saturated rings. The average Bonchev–Trinajstić information content (AvgIpc) is 3.60. The Bertz CT molecular complexity index is 1620. The summed E-state index contributed by atoms with van der Waals surface area (Å²) in [7, 11) is 1.66. The second-order valence-electron chi connectivity index (χ2n) is 10.4. The van der Waals surface area contributed by atoms with Gasteiger partial charge in [-0.2, -0.15) is 29.0 Å². The lowest BCUT2D eigenvalue weighted by atomic mass is 9.92. The summed E-state index contributed by atoms with van der Waals surface area (Å²) in [5.74, 6) is 0.112. The highest BCUT2D eigenvalue weighted by atomic mass is 32.1. The Labute approximate surface area is 266 Å². The maximum absolute atomic E-state index is 14.1. The molecule has 1 aromatic heterocycles. The average molecular weight is 633 g/mol. The molecule has 1 atom stereocenters. The van der Waals surface area contributed by atoms with Crippen molar-refractivity contribution in [3.05, 3.63) is 86.4 Å². The van der Waals surface area contributed by atoms with Crippen molar-refractivity contribution in [2.75, 3.05) is 25.1 Å². The molecule has 234 valence electrons. The van der Waals surface area contributed by atoms with Crippen LogP contribution in [0, 0.1) is 34.0 Å². The number of halogens is 3. The smallest absolute Gasteiger partial charge is 0.432 e. The van der Waals surface area contributed by atoms with Crippen molar-refractivity contribution in [1.82, 2.24) is 0 Å². The van der Waals surface area contributed by atoms with Crippen molar-refractivity contribution in [2.45, 2.75) is 58.2 Å². The minimum absolute atomic E-state index is 0.470. The van der Waals surface area contributed by atoms with Crippen molar-refractivity contribution in [3.63, 3.8) is 0 Å². The van der Waals surface area contributed by atoms with Crippen LogP contribution in [-0.4, -0.2) is 32.0 Å². The fourth-order valence-electron chi connectivity index (χ4n) is 4.66. The number of methoxy groups -OCH3 is 1. The molecule has 10 heteroatoms. The van der Waals surface area contributed by atoms with Crippen molar-refractivity contribution >= 4 is 35.3 Å². The summed E-state index contributed by atoms with van der Waals surface area (Å²) in [4.78, 5) is 3.90. The lowest BCUT2D eigenvalue weighted by Crippen LogP contribution is -2.43. The van der Waals surface area contributed by atoms with Gasteiger partial charge in [0.2, 0.25) is 5.60 Å². The molecule has 2 aromatic rings. The van der Waals surface area contributed by atoms with Gasteiger partial charge in [-0.1, -0.05) is 51.0 Å². The van der Waals surface area contributed by atoms with Gasteiger partial charge in [0.1, 0.15) is 29.5 Å². The first kappa shape index (κ1) is 34.8. The van der Waals surface area contributed by atoms with Gasteiger partial charge in [-0.25, -0.2) is 0 Å². The van der Waals surface area contributed by atoms with Crippen LogP contribution in [0.4, 0.5) is 18.9 Å². The molecule has 0 aliphatic carbocycles. The molecule has 0 saturated carbocycles. The van der Waals surface area contributed by atoms with Crippen LogP contribution in [0.15, 0.2) is 71.0 Å². The van der Waals surface area contributed by atoms with Crippen molar-refractivity contribution in [1.29, 1.82) is 15.8 Å². The number of benzene rings is 1. The molecule has 1 aliphatic heterocycles. The normalized spacial score (nSPS) is 16.7. The highest BCUT2D eigenvalue weighted by Crippen LogP contribution is 2.49. The van der Waals surface area contributed by atoms with Crippen LogP contribution in [0.3, 0.4) is 0 Å². The molecule has 2 heterocycles. The van der Waals surface area contributed by atoms with E-state index in [4.69, 9.17) is 9.47 Å². The van der Waals surface area contributed by atoms with Gasteiger partial charge in [-0.15, -0.1) is 11.3 Å². The summed E-state index contributed by atoms with van der Waals surface area (Å²) in [6, 6.07) is 14.5. The third-order valence-corrected chi connectivity index (χ3v) is 8.29. The van der Waals surface area contributed by atoms with E-state index < -0.39 is 34.3 Å². The molecular weight excluding hydrogens is 597 g/mol. The number of alkyl halides is 3. The van der Waals surface area contributed by atoms with Crippen LogP contribution >= 0.6 is 11.3 Å². The zero-order valence-electron chi connectivity index (χ0n) is 25.7. The summed E-state index contributed by atoms with van der Waals surface area (Å²) in [6.45, 7) is 7.16. The van der Waals surface area contributed by atoms with Crippen LogP contribution < -0.4 is 9.64 Å². The number of nitriles is 3. The molecule has 0 radical (unpaired) electrons. The van der Waals surface area contributed by atoms with Crippen LogP contribution in [0.25, 0.3) is 18.2 Å². The SMILES string of the molecule is CCCCN(CCCC)c1ccc(/C=C/C=C/c2ccc(/C=C/C3=C(C#N)C(=C(C#N)C#N)OC3(C)C(F)(F)F)s2)c(OC)c1. The molecule has 0 amide bonds. The second-order valence-corrected chi connectivity index (χ2v) is 11.5. The first-order valence-electron chi connectivity index (χ1n) is 14.6. The van der Waals surface area contributed by atoms with Crippen LogP contribution in [-0.2, 0) is 4.74 Å². The van der Waals surface area contributed by atoms with E-state index in [-0.39, 0.29) is 0 Å². The van der Waals surface area contributed by atoms with Crippen molar-refractivity contribution in [3.8, 4) is 24.0 Å². The summed E-state index contributed by atoms with van der Waals surface area (Å²) in [5.41, 5.74) is -2.48. The van der Waals surface area contributed by atoms with Gasteiger partial charge in [-0.3, -0.25) is 0 Å². The fourth-order valence-corrected chi connectivity index (χ4v) is 5.49. The Morgan fingerprint density at radius 3 is 2.13 bits per heavy atom. The van der Waals surface area contributed by atoms with Gasteiger partial charge in [0.05, 0.1) is 7.11 Å². The summed E-state index contributed by atoms with van der Waals surface area (Å²) in [6.07, 6.45) is 9.81. The van der Waals surface area contributed by atoms with E-state index in [1.165, 1.54) is 29.6 Å². The maximum Gasteiger partial charge on any atom is 0.432 e. The van der Waals surface area contributed by atoms with Crippen LogP contribution in [0.5, 0.6) is 5.75 Å². The van der Waals surface area contributed by atoms with E-state index in [9.17, 15) is 29.0 Å². The molecule has 1 aliphatic rings. The van der Waals surface area contributed by atoms with Crippen molar-refractivity contribution in [2.24, 2.45) is 0 Å². The molecule has 0 spiro atoms. The number of rotatable bonds is 13. The van der Waals surface area contributed by atoms with E-state index in [0.29, 0.717) is 4.88 Å². The molecule has 45 heavy (non-hydrogen) atoms. The number of hydrogen-bond donors (Lipinski definition) is 0. The molecule has 0 saturated heterocycles. The van der Waals surface area contributed by atoms with E-state index in [1.54, 1.807) is 19.2 Å². The third kappa shape index (κ3) is 8.26. The minimum Gasteiger partial charge on any atom is -0.496 e. The lowest BCUT2D eigenvalue weighted by Gasteiger charge is -2.28. The van der Waals surface area contributed by atoms with E-state index in [1.807, 2.05) is 36.4 Å². The van der Waals surface area contributed by atoms with Gasteiger partial charge in [0, 0.05) is 45.7 Å². The summed E-state index contributed by atoms with van der Waals surface area (Å²) >= 11 is 1.34. The van der Waals surface area contributed by atoms with Crippen molar-refractivity contribution < 1.29 is 22.6 Å². The molecule has 1 aromatic carbocycles. The summed E-state index contributed by atoms with van der Waals surface area (Å²) in [5, 5.41) is 28.0. The van der Waals surface area contributed by atoms with Gasteiger partial charge < -0.3 is 14.4 Å². The summed E-state index contributed by atoms with van der Waals surface area (Å²) < 4.78 is 52.9. The molecule has 1 unspecified atom stereocenters. The van der Waals surface area contributed by atoms with Gasteiger partial charge in [0.25, 0.3) is 0 Å². The van der Waals surface area contributed by atoms with Gasteiger partial charge >= 0.3 is 6.18 Å². The molecule has 3 rings (SSSR count). The number of anilines is 1. The Morgan fingerprint density at radius 2 is 1.58 bits per heavy atom. The lowest BCUT2D eigenvalue weighted by molar-refractivity contribution is -0.236. The standard InChI is InChI=1S/C35H35F3N4O2S/c1-5-7-19-42(20-8-6-2)27-14-13-25(32(21-27)43-4)11-9-10-12-28-15-16-29(45-28)17-18-31-30(24-41)33(26(22-39)23-40)44-34(31,3)35(36,37)38/h9-18,21H,5-8,19-20H2,1-4H3/b11-9+,12-10+,18-17+. The largest absolute Gasteiger partial charge is 0.496 e. The third-order valence-electron chi connectivity index (χ3n) is 7.27. The quantitative estimate of drug-likeness (QED) is 0.161. The van der Waals surface area contributed by atoms with E-state index >= 15 is 0 Å². The van der Waals surface area contributed by atoms with Crippen LogP contribution in [0.1, 0.15) is 61.8 Å². The second kappa shape index (κ2) is 15.8. The first-order valence-corrected chi connectivity index (χ1v) is 15.4. The van der Waals surface area contributed by atoms with E-state index in [0.717, 1.165) is 73.7 Å². The number of unbranched alkanes of at least 4 members (excludes halogenated alkanes) is 2. The van der Waals surface area contributed by atoms with Gasteiger partial charge in [0.15, 0.2) is 11.3 Å². The number of allylic oxidation sites excluding steroid dienone is 4. The zero-order chi connectivity index (χ0) is 33.0. The monoisotopic (exact) mass is 632 g/mol. The highest BCUT2D eigenvalue weighted by Gasteiger charge is 2.60.